The molecule has 0 bridgehead atoms. The van der Waals surface area contributed by atoms with Crippen molar-refractivity contribution in [3.8, 4) is 0 Å². The Balaban J connectivity index is 2.70. The van der Waals surface area contributed by atoms with Crippen LogP contribution in [-0.4, -0.2) is 44.6 Å². The molecule has 120 valence electrons. The summed E-state index contributed by atoms with van der Waals surface area (Å²) in [6.45, 7) is 10.1. The van der Waals surface area contributed by atoms with Crippen molar-refractivity contribution in [3.63, 3.8) is 0 Å². The Morgan fingerprint density at radius 3 is 2.67 bits per heavy atom. The van der Waals surface area contributed by atoms with E-state index in [1.165, 1.54) is 16.8 Å². The molecule has 1 rings (SSSR count). The van der Waals surface area contributed by atoms with Crippen LogP contribution in [0.25, 0.3) is 0 Å². The van der Waals surface area contributed by atoms with Crippen LogP contribution in [0.4, 0.5) is 5.69 Å². The molecule has 0 aromatic heterocycles. The number of hydrogen-bond acceptors (Lipinski definition) is 4. The van der Waals surface area contributed by atoms with Crippen molar-refractivity contribution in [1.29, 1.82) is 0 Å². The van der Waals surface area contributed by atoms with Gasteiger partial charge < -0.3 is 20.1 Å². The zero-order valence-corrected chi connectivity index (χ0v) is 13.9. The summed E-state index contributed by atoms with van der Waals surface area (Å²) in [5, 5.41) is 12.4. The van der Waals surface area contributed by atoms with Crippen LogP contribution in [0.1, 0.15) is 31.4 Å². The Morgan fingerprint density at radius 2 is 2.10 bits per heavy atom. The van der Waals surface area contributed by atoms with Crippen molar-refractivity contribution in [2.75, 3.05) is 38.3 Å². The van der Waals surface area contributed by atoms with Gasteiger partial charge in [0.25, 0.3) is 0 Å². The Kier molecular flexibility index (Phi) is 8.35. The van der Waals surface area contributed by atoms with E-state index in [0.29, 0.717) is 6.04 Å². The van der Waals surface area contributed by atoms with Gasteiger partial charge in [0.15, 0.2) is 0 Å². The Hall–Kier alpha value is -1.10. The molecular weight excluding hydrogens is 264 g/mol. The van der Waals surface area contributed by atoms with Crippen LogP contribution >= 0.6 is 0 Å². The maximum absolute atomic E-state index is 9.04. The smallest absolute Gasteiger partial charge is 0.0587 e. The van der Waals surface area contributed by atoms with Crippen molar-refractivity contribution in [3.05, 3.63) is 29.3 Å². The SMILES string of the molecule is COCCNCc1ccc(N(CCCO)C(C)C)cc1C. The first kappa shape index (κ1) is 18.0. The van der Waals surface area contributed by atoms with E-state index in [4.69, 9.17) is 9.84 Å². The van der Waals surface area contributed by atoms with Crippen LogP contribution < -0.4 is 10.2 Å². The third kappa shape index (κ3) is 6.04. The molecular formula is C17H30N2O2. The van der Waals surface area contributed by atoms with Gasteiger partial charge >= 0.3 is 0 Å². The van der Waals surface area contributed by atoms with E-state index < -0.39 is 0 Å². The van der Waals surface area contributed by atoms with Gasteiger partial charge in [0.2, 0.25) is 0 Å². The highest BCUT2D eigenvalue weighted by molar-refractivity contribution is 5.51. The van der Waals surface area contributed by atoms with Gasteiger partial charge in [-0.3, -0.25) is 0 Å². The highest BCUT2D eigenvalue weighted by atomic mass is 16.5. The quantitative estimate of drug-likeness (QED) is 0.650. The zero-order valence-electron chi connectivity index (χ0n) is 13.9. The van der Waals surface area contributed by atoms with E-state index in [-0.39, 0.29) is 6.61 Å². The third-order valence-electron chi connectivity index (χ3n) is 3.64. The molecule has 0 heterocycles. The molecule has 4 nitrogen and oxygen atoms in total. The first-order valence-electron chi connectivity index (χ1n) is 7.76. The second-order valence-corrected chi connectivity index (χ2v) is 5.64. The van der Waals surface area contributed by atoms with Gasteiger partial charge in [-0.1, -0.05) is 6.07 Å². The summed E-state index contributed by atoms with van der Waals surface area (Å²) < 4.78 is 5.03. The molecule has 4 heteroatoms. The van der Waals surface area contributed by atoms with Gasteiger partial charge in [0, 0.05) is 45.1 Å². The van der Waals surface area contributed by atoms with E-state index in [1.54, 1.807) is 7.11 Å². The number of anilines is 1. The predicted octanol–water partition coefficient (Wildman–Crippen LogP) is 2.33. The monoisotopic (exact) mass is 294 g/mol. The summed E-state index contributed by atoms with van der Waals surface area (Å²) in [4.78, 5) is 2.34. The van der Waals surface area contributed by atoms with Crippen LogP contribution in [-0.2, 0) is 11.3 Å². The van der Waals surface area contributed by atoms with Gasteiger partial charge in [-0.25, -0.2) is 0 Å². The first-order chi connectivity index (χ1) is 10.1. The highest BCUT2D eigenvalue weighted by Crippen LogP contribution is 2.21. The molecule has 0 spiro atoms. The van der Waals surface area contributed by atoms with E-state index >= 15 is 0 Å². The van der Waals surface area contributed by atoms with Crippen molar-refractivity contribution in [2.45, 2.75) is 39.8 Å². The molecule has 1 aromatic carbocycles. The van der Waals surface area contributed by atoms with Gasteiger partial charge in [-0.05, 0) is 50.5 Å². The molecule has 0 aliphatic rings. The van der Waals surface area contributed by atoms with Crippen molar-refractivity contribution < 1.29 is 9.84 Å². The normalized spacial score (nSPS) is 11.1. The van der Waals surface area contributed by atoms with E-state index in [1.807, 2.05) is 0 Å². The summed E-state index contributed by atoms with van der Waals surface area (Å²) in [6, 6.07) is 7.04. The molecule has 0 saturated carbocycles. The number of nitrogens with one attached hydrogen (secondary N) is 1. The summed E-state index contributed by atoms with van der Waals surface area (Å²) >= 11 is 0. The molecule has 1 aromatic rings. The summed E-state index contributed by atoms with van der Waals surface area (Å²) in [5.74, 6) is 0. The minimum Gasteiger partial charge on any atom is -0.396 e. The number of ether oxygens (including phenoxy) is 1. The van der Waals surface area contributed by atoms with Crippen LogP contribution in [0.3, 0.4) is 0 Å². The van der Waals surface area contributed by atoms with Crippen LogP contribution in [0.5, 0.6) is 0 Å². The molecule has 0 aliphatic heterocycles. The Labute approximate surface area is 129 Å². The lowest BCUT2D eigenvalue weighted by Crippen LogP contribution is -2.32. The average molecular weight is 294 g/mol. The number of hydrogen-bond donors (Lipinski definition) is 2. The highest BCUT2D eigenvalue weighted by Gasteiger charge is 2.11. The van der Waals surface area contributed by atoms with Crippen molar-refractivity contribution >= 4 is 5.69 Å². The number of methoxy groups -OCH3 is 1. The second-order valence-electron chi connectivity index (χ2n) is 5.64. The number of rotatable bonds is 10. The Bertz CT molecular complexity index is 408. The van der Waals surface area contributed by atoms with Crippen molar-refractivity contribution in [2.24, 2.45) is 0 Å². The lowest BCUT2D eigenvalue weighted by atomic mass is 10.1. The molecule has 0 radical (unpaired) electrons. The lowest BCUT2D eigenvalue weighted by molar-refractivity contribution is 0.199. The molecule has 0 aliphatic carbocycles. The van der Waals surface area contributed by atoms with E-state index in [2.05, 4.69) is 49.2 Å². The van der Waals surface area contributed by atoms with Crippen LogP contribution in [0, 0.1) is 6.92 Å². The number of benzene rings is 1. The third-order valence-corrected chi connectivity index (χ3v) is 3.64. The molecule has 0 saturated heterocycles. The lowest BCUT2D eigenvalue weighted by Gasteiger charge is -2.29. The fraction of sp³-hybridized carbons (Fsp3) is 0.647. The van der Waals surface area contributed by atoms with E-state index in [0.717, 1.165) is 32.7 Å². The van der Waals surface area contributed by atoms with Crippen LogP contribution in [0.2, 0.25) is 0 Å². The minimum absolute atomic E-state index is 0.240. The molecule has 21 heavy (non-hydrogen) atoms. The fourth-order valence-electron chi connectivity index (χ4n) is 2.38. The zero-order chi connectivity index (χ0) is 15.7. The van der Waals surface area contributed by atoms with Gasteiger partial charge in [0.1, 0.15) is 0 Å². The molecule has 0 atom stereocenters. The second kappa shape index (κ2) is 9.77. The van der Waals surface area contributed by atoms with Crippen LogP contribution in [0.15, 0.2) is 18.2 Å². The van der Waals surface area contributed by atoms with E-state index in [9.17, 15) is 0 Å². The molecule has 0 amide bonds. The largest absolute Gasteiger partial charge is 0.396 e. The number of nitrogens with zero attached hydrogens (tertiary/aromatic N) is 1. The summed E-state index contributed by atoms with van der Waals surface area (Å²) in [5.41, 5.74) is 3.85. The maximum atomic E-state index is 9.04. The van der Waals surface area contributed by atoms with Gasteiger partial charge in [-0.2, -0.15) is 0 Å². The molecule has 2 N–H and O–H groups in total. The summed E-state index contributed by atoms with van der Waals surface area (Å²) in [6.07, 6.45) is 0.803. The number of aryl methyl sites for hydroxylation is 1. The number of aliphatic hydroxyl groups is 1. The topological polar surface area (TPSA) is 44.7 Å². The molecule has 0 unspecified atom stereocenters. The average Bonchev–Trinajstić information content (AvgIpc) is 2.45. The summed E-state index contributed by atoms with van der Waals surface area (Å²) in [7, 11) is 1.72. The first-order valence-corrected chi connectivity index (χ1v) is 7.76. The fourth-order valence-corrected chi connectivity index (χ4v) is 2.38. The van der Waals surface area contributed by atoms with Gasteiger partial charge in [0.05, 0.1) is 6.61 Å². The van der Waals surface area contributed by atoms with Crippen molar-refractivity contribution in [1.82, 2.24) is 5.32 Å². The standard InChI is InChI=1S/C17H30N2O2/c1-14(2)19(9-5-10-20)17-7-6-16(15(3)12-17)13-18-8-11-21-4/h6-7,12,14,18,20H,5,8-11,13H2,1-4H3. The van der Waals surface area contributed by atoms with Gasteiger partial charge in [-0.15, -0.1) is 0 Å². The molecule has 0 fully saturated rings. The maximum Gasteiger partial charge on any atom is 0.0587 e. The number of aliphatic hydroxyl groups excluding tert-OH is 1. The predicted molar refractivity (Wildman–Crippen MR) is 88.9 cm³/mol. The minimum atomic E-state index is 0.240. The Morgan fingerprint density at radius 1 is 1.33 bits per heavy atom.